The van der Waals surface area contributed by atoms with Gasteiger partial charge < -0.3 is 9.80 Å². The molecule has 4 rings (SSSR count). The Morgan fingerprint density at radius 2 is 1.93 bits per heavy atom. The molecule has 1 amide bonds. The van der Waals surface area contributed by atoms with Crippen LogP contribution in [-0.2, 0) is 11.3 Å². The average Bonchev–Trinajstić information content (AvgIpc) is 3.09. The van der Waals surface area contributed by atoms with Crippen LogP contribution in [0.25, 0.3) is 0 Å². The Bertz CT molecular complexity index is 873. The molecule has 0 bridgehead atoms. The van der Waals surface area contributed by atoms with E-state index in [0.29, 0.717) is 6.54 Å². The lowest BCUT2D eigenvalue weighted by molar-refractivity contribution is -0.135. The number of nitrogens with zero attached hydrogens (tertiary/aromatic N) is 4. The number of fused-ring (bicyclic) bond motifs is 1. The molecule has 6 heteroatoms. The van der Waals surface area contributed by atoms with Crippen molar-refractivity contribution in [1.29, 1.82) is 0 Å². The third kappa shape index (κ3) is 3.29. The normalized spacial score (nSPS) is 23.8. The fraction of sp³-hybridized carbons (Fsp3) is 0.545. The zero-order valence-electron chi connectivity index (χ0n) is 17.2. The number of anilines is 1. The van der Waals surface area contributed by atoms with E-state index >= 15 is 0 Å². The third-order valence-corrected chi connectivity index (χ3v) is 6.25. The van der Waals surface area contributed by atoms with Crippen molar-refractivity contribution in [2.75, 3.05) is 11.4 Å². The molecule has 1 aromatic carbocycles. The summed E-state index contributed by atoms with van der Waals surface area (Å²) in [5, 5.41) is 4.45. The van der Waals surface area contributed by atoms with E-state index in [1.54, 1.807) is 4.68 Å². The molecule has 0 aliphatic carbocycles. The highest BCUT2D eigenvalue weighted by molar-refractivity contribution is 5.77. The second-order valence-electron chi connectivity index (χ2n) is 8.81. The van der Waals surface area contributed by atoms with Gasteiger partial charge in [0.25, 0.3) is 0 Å². The van der Waals surface area contributed by atoms with Crippen molar-refractivity contribution >= 4 is 11.6 Å². The molecule has 0 saturated carbocycles. The van der Waals surface area contributed by atoms with Gasteiger partial charge in [0, 0.05) is 23.5 Å². The van der Waals surface area contributed by atoms with Gasteiger partial charge in [-0.25, -0.2) is 4.39 Å². The molecule has 3 heterocycles. The van der Waals surface area contributed by atoms with Gasteiger partial charge in [-0.15, -0.1) is 0 Å². The van der Waals surface area contributed by atoms with Gasteiger partial charge in [-0.3, -0.25) is 9.48 Å². The minimum Gasteiger partial charge on any atom is -0.361 e. The summed E-state index contributed by atoms with van der Waals surface area (Å²) in [7, 11) is 0. The van der Waals surface area contributed by atoms with Crippen molar-refractivity contribution in [1.82, 2.24) is 14.7 Å². The predicted molar refractivity (Wildman–Crippen MR) is 108 cm³/mol. The highest BCUT2D eigenvalue weighted by Crippen LogP contribution is 2.43. The maximum atomic E-state index is 13.4. The number of hydrogen-bond donors (Lipinski definition) is 0. The van der Waals surface area contributed by atoms with Crippen LogP contribution in [0.2, 0.25) is 0 Å². The lowest BCUT2D eigenvalue weighted by Gasteiger charge is -2.42. The number of aromatic nitrogens is 2. The Kier molecular flexibility index (Phi) is 4.68. The Balaban J connectivity index is 1.58. The molecule has 0 N–H and O–H groups in total. The number of hydrogen-bond acceptors (Lipinski definition) is 3. The van der Waals surface area contributed by atoms with E-state index < -0.39 is 0 Å². The number of aryl methyl sites for hydroxylation is 2. The molecular formula is C22H29FN4O. The first kappa shape index (κ1) is 19.0. The standard InChI is InChI=1S/C22H29FN4O/c1-15-12-16(2)26(24-15)14-21(28)25-11-5-6-19-20(25)13-22(3,4)27(19)18-9-7-17(23)8-10-18/h7-10,12,19-20H,5-6,11,13-14H2,1-4H3/t19-,20-/m0/s1. The SMILES string of the molecule is Cc1cc(C)n(CC(=O)N2CCC[C@H]3[C@@H]2CC(C)(C)N3c2ccc(F)cc2)n1. The summed E-state index contributed by atoms with van der Waals surface area (Å²) in [6.07, 6.45) is 2.95. The van der Waals surface area contributed by atoms with Crippen molar-refractivity contribution in [3.63, 3.8) is 0 Å². The molecule has 2 atom stereocenters. The largest absolute Gasteiger partial charge is 0.361 e. The Morgan fingerprint density at radius 1 is 1.21 bits per heavy atom. The zero-order valence-corrected chi connectivity index (χ0v) is 17.2. The van der Waals surface area contributed by atoms with Crippen molar-refractivity contribution in [2.45, 2.75) is 71.1 Å². The van der Waals surface area contributed by atoms with Gasteiger partial charge in [-0.05, 0) is 77.3 Å². The van der Waals surface area contributed by atoms with E-state index in [-0.39, 0.29) is 29.3 Å². The fourth-order valence-corrected chi connectivity index (χ4v) is 5.15. The minimum atomic E-state index is -0.220. The van der Waals surface area contributed by atoms with Gasteiger partial charge in [0.05, 0.1) is 17.8 Å². The van der Waals surface area contributed by atoms with Gasteiger partial charge in [0.15, 0.2) is 0 Å². The number of likely N-dealkylation sites (tertiary alicyclic amines) is 1. The summed E-state index contributed by atoms with van der Waals surface area (Å²) >= 11 is 0. The molecule has 5 nitrogen and oxygen atoms in total. The third-order valence-electron chi connectivity index (χ3n) is 6.25. The molecule has 0 unspecified atom stereocenters. The molecule has 2 aromatic rings. The maximum Gasteiger partial charge on any atom is 0.244 e. The maximum absolute atomic E-state index is 13.4. The quantitative estimate of drug-likeness (QED) is 0.811. The first-order valence-electron chi connectivity index (χ1n) is 10.1. The van der Waals surface area contributed by atoms with Crippen LogP contribution in [0.3, 0.4) is 0 Å². The van der Waals surface area contributed by atoms with E-state index in [9.17, 15) is 9.18 Å². The molecule has 2 aliphatic heterocycles. The first-order chi connectivity index (χ1) is 13.3. The number of piperidine rings is 1. The lowest BCUT2D eigenvalue weighted by atomic mass is 9.94. The Hall–Kier alpha value is -2.37. The van der Waals surface area contributed by atoms with Crippen LogP contribution < -0.4 is 4.90 Å². The highest BCUT2D eigenvalue weighted by Gasteiger charge is 2.50. The van der Waals surface area contributed by atoms with Crippen molar-refractivity contribution in [2.24, 2.45) is 0 Å². The number of carbonyl (C=O) groups excluding carboxylic acids is 1. The Labute approximate surface area is 166 Å². The van der Waals surface area contributed by atoms with Gasteiger partial charge in [0.2, 0.25) is 5.91 Å². The van der Waals surface area contributed by atoms with Crippen LogP contribution in [0, 0.1) is 19.7 Å². The molecule has 2 fully saturated rings. The van der Waals surface area contributed by atoms with E-state index in [1.165, 1.54) is 12.1 Å². The summed E-state index contributed by atoms with van der Waals surface area (Å²) in [4.78, 5) is 17.6. The summed E-state index contributed by atoms with van der Waals surface area (Å²) in [6, 6.07) is 9.20. The summed E-state index contributed by atoms with van der Waals surface area (Å²) in [5.41, 5.74) is 2.89. The molecule has 2 aliphatic rings. The smallest absolute Gasteiger partial charge is 0.244 e. The van der Waals surface area contributed by atoms with E-state index in [4.69, 9.17) is 0 Å². The summed E-state index contributed by atoms with van der Waals surface area (Å²) in [5.74, 6) is -0.0831. The van der Waals surface area contributed by atoms with Gasteiger partial charge in [-0.2, -0.15) is 5.10 Å². The summed E-state index contributed by atoms with van der Waals surface area (Å²) < 4.78 is 15.2. The molecule has 0 radical (unpaired) electrons. The van der Waals surface area contributed by atoms with E-state index in [2.05, 4.69) is 28.7 Å². The first-order valence-corrected chi connectivity index (χ1v) is 10.1. The summed E-state index contributed by atoms with van der Waals surface area (Å²) in [6.45, 7) is 9.47. The number of benzene rings is 1. The van der Waals surface area contributed by atoms with Crippen molar-refractivity contribution in [3.05, 3.63) is 47.5 Å². The average molecular weight is 384 g/mol. The second kappa shape index (κ2) is 6.90. The van der Waals surface area contributed by atoms with Gasteiger partial charge >= 0.3 is 0 Å². The van der Waals surface area contributed by atoms with Crippen LogP contribution in [0.5, 0.6) is 0 Å². The minimum absolute atomic E-state index is 0.0891. The number of rotatable bonds is 3. The molecule has 1 aromatic heterocycles. The molecule has 2 saturated heterocycles. The molecule has 0 spiro atoms. The van der Waals surface area contributed by atoms with Crippen LogP contribution in [-0.4, -0.2) is 44.8 Å². The molecule has 150 valence electrons. The van der Waals surface area contributed by atoms with Crippen LogP contribution >= 0.6 is 0 Å². The van der Waals surface area contributed by atoms with Gasteiger partial charge in [-0.1, -0.05) is 0 Å². The van der Waals surface area contributed by atoms with Crippen LogP contribution in [0.15, 0.2) is 30.3 Å². The lowest BCUT2D eigenvalue weighted by Crippen LogP contribution is -2.53. The number of amides is 1. The topological polar surface area (TPSA) is 41.4 Å². The number of halogens is 1. The molecule has 28 heavy (non-hydrogen) atoms. The molecular weight excluding hydrogens is 355 g/mol. The monoisotopic (exact) mass is 384 g/mol. The highest BCUT2D eigenvalue weighted by atomic mass is 19.1. The second-order valence-corrected chi connectivity index (χ2v) is 8.81. The van der Waals surface area contributed by atoms with Crippen molar-refractivity contribution < 1.29 is 9.18 Å². The van der Waals surface area contributed by atoms with Crippen LogP contribution in [0.1, 0.15) is 44.5 Å². The van der Waals surface area contributed by atoms with Crippen LogP contribution in [0.4, 0.5) is 10.1 Å². The fourth-order valence-electron chi connectivity index (χ4n) is 5.15. The van der Waals surface area contributed by atoms with Gasteiger partial charge in [0.1, 0.15) is 12.4 Å². The predicted octanol–water partition coefficient (Wildman–Crippen LogP) is 3.69. The van der Waals surface area contributed by atoms with E-state index in [1.807, 2.05) is 32.0 Å². The zero-order chi connectivity index (χ0) is 20.1. The van der Waals surface area contributed by atoms with Crippen molar-refractivity contribution in [3.8, 4) is 0 Å². The number of carbonyl (C=O) groups is 1. The van der Waals surface area contributed by atoms with E-state index in [0.717, 1.165) is 42.9 Å². The Morgan fingerprint density at radius 3 is 2.57 bits per heavy atom.